The SMILES string of the molecule is CC(C)(C)C(=O)OC1CCC(C(=O)OC(C(F)(F)F)C(F)(F)F)(C(F)(F)F)O1. The van der Waals surface area contributed by atoms with Gasteiger partial charge in [-0.25, -0.2) is 4.79 Å². The smallest absolute Gasteiger partial charge is 0.434 e. The molecule has 0 saturated carbocycles. The molecule has 0 aromatic rings. The average molecular weight is 434 g/mol. The average Bonchev–Trinajstić information content (AvgIpc) is 2.85. The van der Waals surface area contributed by atoms with Crippen LogP contribution in [0.2, 0.25) is 0 Å². The lowest BCUT2D eigenvalue weighted by Crippen LogP contribution is -2.57. The summed E-state index contributed by atoms with van der Waals surface area (Å²) in [7, 11) is 0. The van der Waals surface area contributed by atoms with Gasteiger partial charge in [0.25, 0.3) is 11.7 Å². The Morgan fingerprint density at radius 3 is 1.79 bits per heavy atom. The van der Waals surface area contributed by atoms with E-state index in [9.17, 15) is 49.1 Å². The van der Waals surface area contributed by atoms with Gasteiger partial charge in [-0.15, -0.1) is 0 Å². The van der Waals surface area contributed by atoms with Gasteiger partial charge in [0.2, 0.25) is 6.29 Å². The van der Waals surface area contributed by atoms with E-state index in [0.717, 1.165) is 0 Å². The molecule has 0 N–H and O–H groups in total. The summed E-state index contributed by atoms with van der Waals surface area (Å²) < 4.78 is 127. The van der Waals surface area contributed by atoms with Crippen molar-refractivity contribution in [3.63, 3.8) is 0 Å². The Labute approximate surface area is 152 Å². The van der Waals surface area contributed by atoms with Crippen LogP contribution < -0.4 is 0 Å². The third-order valence-corrected chi connectivity index (χ3v) is 3.52. The number of carbonyl (C=O) groups is 2. The maximum atomic E-state index is 13.3. The fraction of sp³-hybridized carbons (Fsp3) is 0.857. The van der Waals surface area contributed by atoms with Gasteiger partial charge in [0, 0.05) is 12.8 Å². The number of hydrogen-bond donors (Lipinski definition) is 0. The lowest BCUT2D eigenvalue weighted by molar-refractivity contribution is -0.331. The van der Waals surface area contributed by atoms with Crippen LogP contribution in [0.25, 0.3) is 0 Å². The van der Waals surface area contributed by atoms with E-state index in [0.29, 0.717) is 0 Å². The summed E-state index contributed by atoms with van der Waals surface area (Å²) in [5.74, 6) is -4.00. The van der Waals surface area contributed by atoms with Crippen molar-refractivity contribution >= 4 is 11.9 Å². The topological polar surface area (TPSA) is 61.8 Å². The van der Waals surface area contributed by atoms with Crippen LogP contribution in [0.4, 0.5) is 39.5 Å². The van der Waals surface area contributed by atoms with Gasteiger partial charge in [0.15, 0.2) is 0 Å². The summed E-state index contributed by atoms with van der Waals surface area (Å²) in [6.45, 7) is 3.98. The molecule has 14 heteroatoms. The summed E-state index contributed by atoms with van der Waals surface area (Å²) in [6, 6.07) is 0. The van der Waals surface area contributed by atoms with Crippen LogP contribution >= 0.6 is 0 Å². The maximum Gasteiger partial charge on any atom is 0.434 e. The maximum absolute atomic E-state index is 13.3. The third kappa shape index (κ3) is 5.20. The molecule has 1 saturated heterocycles. The van der Waals surface area contributed by atoms with E-state index in [-0.39, 0.29) is 0 Å². The van der Waals surface area contributed by atoms with Gasteiger partial charge in [-0.1, -0.05) is 0 Å². The van der Waals surface area contributed by atoms with Gasteiger partial charge in [-0.2, -0.15) is 39.5 Å². The quantitative estimate of drug-likeness (QED) is 0.496. The summed E-state index contributed by atoms with van der Waals surface area (Å²) in [4.78, 5) is 23.4. The first-order chi connectivity index (χ1) is 12.2. The van der Waals surface area contributed by atoms with Gasteiger partial charge in [-0.05, 0) is 20.8 Å². The van der Waals surface area contributed by atoms with E-state index in [4.69, 9.17) is 0 Å². The summed E-state index contributed by atoms with van der Waals surface area (Å²) in [6.07, 6.45) is -27.2. The van der Waals surface area contributed by atoms with E-state index in [1.54, 1.807) is 0 Å². The van der Waals surface area contributed by atoms with Crippen molar-refractivity contribution in [2.45, 2.75) is 70.1 Å². The van der Waals surface area contributed by atoms with Crippen molar-refractivity contribution in [1.82, 2.24) is 0 Å². The predicted molar refractivity (Wildman–Crippen MR) is 70.4 cm³/mol. The van der Waals surface area contributed by atoms with Crippen LogP contribution in [0.1, 0.15) is 33.6 Å². The molecule has 0 bridgehead atoms. The molecule has 1 fully saturated rings. The number of esters is 2. The van der Waals surface area contributed by atoms with Gasteiger partial charge < -0.3 is 14.2 Å². The highest BCUT2D eigenvalue weighted by atomic mass is 19.4. The zero-order chi connectivity index (χ0) is 22.3. The number of halogens is 9. The Bertz CT molecular complexity index is 588. The first-order valence-electron chi connectivity index (χ1n) is 7.52. The van der Waals surface area contributed by atoms with Crippen molar-refractivity contribution in [3.05, 3.63) is 0 Å². The normalized spacial score (nSPS) is 24.4. The molecule has 2 unspecified atom stereocenters. The predicted octanol–water partition coefficient (Wildman–Crippen LogP) is 4.05. The summed E-state index contributed by atoms with van der Waals surface area (Å²) in [5.41, 5.74) is -5.35. The third-order valence-electron chi connectivity index (χ3n) is 3.52. The van der Waals surface area contributed by atoms with Crippen molar-refractivity contribution in [2.75, 3.05) is 0 Å². The Kier molecular flexibility index (Phi) is 6.31. The van der Waals surface area contributed by atoms with E-state index < -0.39 is 66.7 Å². The van der Waals surface area contributed by atoms with Gasteiger partial charge in [0.1, 0.15) is 0 Å². The molecule has 1 rings (SSSR count). The number of hydrogen-bond acceptors (Lipinski definition) is 5. The molecule has 1 heterocycles. The number of ether oxygens (including phenoxy) is 3. The van der Waals surface area contributed by atoms with Gasteiger partial charge >= 0.3 is 30.5 Å². The summed E-state index contributed by atoms with van der Waals surface area (Å²) >= 11 is 0. The van der Waals surface area contributed by atoms with E-state index >= 15 is 0 Å². The van der Waals surface area contributed by atoms with Crippen LogP contribution in [0.3, 0.4) is 0 Å². The van der Waals surface area contributed by atoms with Crippen molar-refractivity contribution in [2.24, 2.45) is 5.41 Å². The fourth-order valence-electron chi connectivity index (χ4n) is 2.04. The molecule has 28 heavy (non-hydrogen) atoms. The van der Waals surface area contributed by atoms with Crippen LogP contribution in [-0.4, -0.2) is 48.5 Å². The van der Waals surface area contributed by atoms with Gasteiger partial charge in [0.05, 0.1) is 5.41 Å². The standard InChI is InChI=1S/C14H15F9O5/c1-10(2,3)8(24)26-6-4-5-11(28-6,14(21,22)23)9(25)27-7(12(15,16)17)13(18,19)20/h6-7H,4-5H2,1-3H3. The lowest BCUT2D eigenvalue weighted by atomic mass is 9.97. The zero-order valence-electron chi connectivity index (χ0n) is 14.5. The van der Waals surface area contributed by atoms with Gasteiger partial charge in [-0.3, -0.25) is 4.79 Å². The second-order valence-corrected chi connectivity index (χ2v) is 6.93. The molecule has 164 valence electrons. The Balaban J connectivity index is 3.13. The molecule has 5 nitrogen and oxygen atoms in total. The molecule has 1 aliphatic heterocycles. The van der Waals surface area contributed by atoms with E-state index in [1.807, 2.05) is 0 Å². The Morgan fingerprint density at radius 2 is 1.43 bits per heavy atom. The van der Waals surface area contributed by atoms with Crippen LogP contribution in [0.5, 0.6) is 0 Å². The second kappa shape index (κ2) is 7.26. The first kappa shape index (κ1) is 24.3. The number of carbonyl (C=O) groups excluding carboxylic acids is 2. The molecule has 1 aliphatic rings. The largest absolute Gasteiger partial charge is 0.440 e. The minimum absolute atomic E-state index is 0.806. The molecule has 0 aromatic carbocycles. The molecular weight excluding hydrogens is 419 g/mol. The zero-order valence-corrected chi connectivity index (χ0v) is 14.5. The summed E-state index contributed by atoms with van der Waals surface area (Å²) in [5, 5.41) is 0. The number of alkyl halides is 9. The number of rotatable bonds is 3. The Hall–Kier alpha value is -1.73. The minimum Gasteiger partial charge on any atom is -0.440 e. The fourth-order valence-corrected chi connectivity index (χ4v) is 2.04. The van der Waals surface area contributed by atoms with Crippen LogP contribution in [0, 0.1) is 5.41 Å². The lowest BCUT2D eigenvalue weighted by Gasteiger charge is -2.32. The molecule has 0 amide bonds. The minimum atomic E-state index is -6.21. The van der Waals surface area contributed by atoms with Crippen molar-refractivity contribution < 1.29 is 63.3 Å². The Morgan fingerprint density at radius 1 is 0.964 bits per heavy atom. The van der Waals surface area contributed by atoms with E-state index in [1.165, 1.54) is 20.8 Å². The molecule has 2 atom stereocenters. The molecule has 0 radical (unpaired) electrons. The van der Waals surface area contributed by atoms with E-state index in [2.05, 4.69) is 14.2 Å². The van der Waals surface area contributed by atoms with Crippen molar-refractivity contribution in [3.8, 4) is 0 Å². The molecule has 0 aliphatic carbocycles. The monoisotopic (exact) mass is 434 g/mol. The highest BCUT2D eigenvalue weighted by Gasteiger charge is 2.70. The first-order valence-corrected chi connectivity index (χ1v) is 7.52. The highest BCUT2D eigenvalue weighted by molar-refractivity contribution is 5.81. The van der Waals surface area contributed by atoms with Crippen LogP contribution in [-0.2, 0) is 23.8 Å². The second-order valence-electron chi connectivity index (χ2n) is 6.93. The molecule has 0 aromatic heterocycles. The highest BCUT2D eigenvalue weighted by Crippen LogP contribution is 2.46. The van der Waals surface area contributed by atoms with Crippen molar-refractivity contribution in [1.29, 1.82) is 0 Å². The van der Waals surface area contributed by atoms with Crippen LogP contribution in [0.15, 0.2) is 0 Å². The molecular formula is C14H15F9O5. The molecule has 0 spiro atoms.